The highest BCUT2D eigenvalue weighted by Crippen LogP contribution is 2.25. The van der Waals surface area contributed by atoms with Crippen molar-refractivity contribution in [2.24, 2.45) is 0 Å². The lowest BCUT2D eigenvalue weighted by atomic mass is 10.2. The van der Waals surface area contributed by atoms with Crippen molar-refractivity contribution in [3.05, 3.63) is 16.5 Å². The number of nitrogens with zero attached hydrogens (tertiary/aromatic N) is 4. The number of hydrogen-bond acceptors (Lipinski definition) is 4. The molecule has 20 heavy (non-hydrogen) atoms. The third-order valence-electron chi connectivity index (χ3n) is 3.91. The van der Waals surface area contributed by atoms with E-state index in [0.717, 1.165) is 30.3 Å². The SMILES string of the molecule is Cc1c(Cl)nc(C(C)C)nc1N(C)CCN1CCCC1. The summed E-state index contributed by atoms with van der Waals surface area (Å²) < 4.78 is 0. The van der Waals surface area contributed by atoms with E-state index in [0.29, 0.717) is 11.1 Å². The number of likely N-dealkylation sites (N-methyl/N-ethyl adjacent to an activating group) is 1. The minimum absolute atomic E-state index is 0.291. The molecule has 0 atom stereocenters. The molecule has 4 nitrogen and oxygen atoms in total. The highest BCUT2D eigenvalue weighted by Gasteiger charge is 2.16. The van der Waals surface area contributed by atoms with Crippen LogP contribution in [0.1, 0.15) is 44.0 Å². The molecular formula is C15H25ClN4. The lowest BCUT2D eigenvalue weighted by Crippen LogP contribution is -2.32. The second-order valence-electron chi connectivity index (χ2n) is 5.95. The molecule has 0 N–H and O–H groups in total. The van der Waals surface area contributed by atoms with Crippen LogP contribution in [0.2, 0.25) is 5.15 Å². The van der Waals surface area contributed by atoms with Crippen molar-refractivity contribution in [1.82, 2.24) is 14.9 Å². The molecule has 0 aromatic carbocycles. The van der Waals surface area contributed by atoms with E-state index in [1.807, 2.05) is 6.92 Å². The number of halogens is 1. The van der Waals surface area contributed by atoms with Gasteiger partial charge < -0.3 is 9.80 Å². The molecule has 1 aromatic rings. The van der Waals surface area contributed by atoms with Gasteiger partial charge in [-0.25, -0.2) is 9.97 Å². The number of anilines is 1. The van der Waals surface area contributed by atoms with Gasteiger partial charge in [0.05, 0.1) is 0 Å². The Morgan fingerprint density at radius 2 is 1.90 bits per heavy atom. The third-order valence-corrected chi connectivity index (χ3v) is 4.27. The maximum absolute atomic E-state index is 6.25. The standard InChI is InChI=1S/C15H25ClN4/c1-11(2)14-17-13(16)12(3)15(18-14)19(4)9-10-20-7-5-6-8-20/h11H,5-10H2,1-4H3. The van der Waals surface area contributed by atoms with E-state index in [9.17, 15) is 0 Å². The Hall–Kier alpha value is -0.870. The zero-order valence-corrected chi connectivity index (χ0v) is 13.7. The van der Waals surface area contributed by atoms with Crippen molar-refractivity contribution in [3.63, 3.8) is 0 Å². The number of rotatable bonds is 5. The van der Waals surface area contributed by atoms with Crippen LogP contribution in [0.15, 0.2) is 0 Å². The molecule has 1 aliphatic rings. The van der Waals surface area contributed by atoms with E-state index >= 15 is 0 Å². The Bertz CT molecular complexity index is 455. The first-order chi connectivity index (χ1) is 9.49. The fourth-order valence-corrected chi connectivity index (χ4v) is 2.70. The van der Waals surface area contributed by atoms with Crippen LogP contribution in [-0.2, 0) is 0 Å². The van der Waals surface area contributed by atoms with Crippen LogP contribution in [0.25, 0.3) is 0 Å². The topological polar surface area (TPSA) is 32.3 Å². The van der Waals surface area contributed by atoms with Crippen LogP contribution in [-0.4, -0.2) is 48.1 Å². The first-order valence-corrected chi connectivity index (χ1v) is 7.84. The lowest BCUT2D eigenvalue weighted by Gasteiger charge is -2.24. The van der Waals surface area contributed by atoms with Crippen LogP contribution in [0.4, 0.5) is 5.82 Å². The summed E-state index contributed by atoms with van der Waals surface area (Å²) in [4.78, 5) is 13.8. The normalized spacial score (nSPS) is 16.1. The molecule has 1 aliphatic heterocycles. The van der Waals surface area contributed by atoms with Crippen molar-refractivity contribution in [2.75, 3.05) is 38.1 Å². The highest BCUT2D eigenvalue weighted by atomic mass is 35.5. The maximum atomic E-state index is 6.25. The molecule has 0 amide bonds. The minimum Gasteiger partial charge on any atom is -0.358 e. The van der Waals surface area contributed by atoms with Crippen molar-refractivity contribution < 1.29 is 0 Å². The summed E-state index contributed by atoms with van der Waals surface area (Å²) in [5.41, 5.74) is 0.972. The lowest BCUT2D eigenvalue weighted by molar-refractivity contribution is 0.346. The Balaban J connectivity index is 2.09. The molecule has 0 saturated carbocycles. The first kappa shape index (κ1) is 15.5. The summed E-state index contributed by atoms with van der Waals surface area (Å²) in [5, 5.41) is 0.576. The molecule has 2 heterocycles. The molecular weight excluding hydrogens is 272 g/mol. The molecule has 1 aromatic heterocycles. The Morgan fingerprint density at radius 1 is 1.25 bits per heavy atom. The van der Waals surface area contributed by atoms with E-state index in [-0.39, 0.29) is 0 Å². The molecule has 1 fully saturated rings. The second kappa shape index (κ2) is 6.72. The summed E-state index contributed by atoms with van der Waals surface area (Å²) >= 11 is 6.25. The second-order valence-corrected chi connectivity index (χ2v) is 6.30. The smallest absolute Gasteiger partial charge is 0.137 e. The highest BCUT2D eigenvalue weighted by molar-refractivity contribution is 6.30. The number of likely N-dealkylation sites (tertiary alicyclic amines) is 1. The molecule has 112 valence electrons. The van der Waals surface area contributed by atoms with Gasteiger partial charge in [0.25, 0.3) is 0 Å². The average molecular weight is 297 g/mol. The van der Waals surface area contributed by atoms with Gasteiger partial charge in [-0.05, 0) is 32.9 Å². The zero-order chi connectivity index (χ0) is 14.7. The summed E-state index contributed by atoms with van der Waals surface area (Å²) in [6, 6.07) is 0. The molecule has 0 bridgehead atoms. The largest absolute Gasteiger partial charge is 0.358 e. The van der Waals surface area contributed by atoms with Crippen LogP contribution in [0, 0.1) is 6.92 Å². The Labute approximate surface area is 127 Å². The van der Waals surface area contributed by atoms with Gasteiger partial charge in [0.2, 0.25) is 0 Å². The van der Waals surface area contributed by atoms with Crippen molar-refractivity contribution >= 4 is 17.4 Å². The summed E-state index contributed by atoms with van der Waals surface area (Å²) in [6.07, 6.45) is 2.67. The van der Waals surface area contributed by atoms with Gasteiger partial charge in [0.1, 0.15) is 16.8 Å². The molecule has 0 radical (unpaired) electrons. The summed E-state index contributed by atoms with van der Waals surface area (Å²) in [7, 11) is 2.09. The van der Waals surface area contributed by atoms with E-state index < -0.39 is 0 Å². The third kappa shape index (κ3) is 3.61. The van der Waals surface area contributed by atoms with Crippen LogP contribution >= 0.6 is 11.6 Å². The van der Waals surface area contributed by atoms with E-state index in [4.69, 9.17) is 11.6 Å². The van der Waals surface area contributed by atoms with Crippen LogP contribution in [0.5, 0.6) is 0 Å². The zero-order valence-electron chi connectivity index (χ0n) is 13.0. The van der Waals surface area contributed by atoms with Gasteiger partial charge in [0.15, 0.2) is 0 Å². The quantitative estimate of drug-likeness (QED) is 0.782. The van der Waals surface area contributed by atoms with Gasteiger partial charge in [-0.1, -0.05) is 25.4 Å². The van der Waals surface area contributed by atoms with Crippen molar-refractivity contribution in [1.29, 1.82) is 0 Å². The molecule has 0 spiro atoms. The van der Waals surface area contributed by atoms with Gasteiger partial charge in [-0.3, -0.25) is 0 Å². The van der Waals surface area contributed by atoms with Gasteiger partial charge in [-0.2, -0.15) is 0 Å². The molecule has 0 aliphatic carbocycles. The van der Waals surface area contributed by atoms with Crippen LogP contribution in [0.3, 0.4) is 0 Å². The van der Waals surface area contributed by atoms with E-state index in [2.05, 4.69) is 40.7 Å². The summed E-state index contributed by atoms with van der Waals surface area (Å²) in [5.74, 6) is 2.08. The van der Waals surface area contributed by atoms with Gasteiger partial charge in [0, 0.05) is 31.6 Å². The Kier molecular flexibility index (Phi) is 5.22. The van der Waals surface area contributed by atoms with Crippen molar-refractivity contribution in [2.45, 2.75) is 39.5 Å². The average Bonchev–Trinajstić information content (AvgIpc) is 2.92. The van der Waals surface area contributed by atoms with Crippen LogP contribution < -0.4 is 4.90 Å². The Morgan fingerprint density at radius 3 is 2.50 bits per heavy atom. The minimum atomic E-state index is 0.291. The molecule has 5 heteroatoms. The molecule has 1 saturated heterocycles. The van der Waals surface area contributed by atoms with Crippen molar-refractivity contribution in [3.8, 4) is 0 Å². The predicted molar refractivity (Wildman–Crippen MR) is 84.8 cm³/mol. The number of aromatic nitrogens is 2. The monoisotopic (exact) mass is 296 g/mol. The fraction of sp³-hybridized carbons (Fsp3) is 0.733. The maximum Gasteiger partial charge on any atom is 0.137 e. The number of hydrogen-bond donors (Lipinski definition) is 0. The first-order valence-electron chi connectivity index (χ1n) is 7.46. The van der Waals surface area contributed by atoms with Gasteiger partial charge in [-0.15, -0.1) is 0 Å². The van der Waals surface area contributed by atoms with Gasteiger partial charge >= 0.3 is 0 Å². The molecule has 0 unspecified atom stereocenters. The predicted octanol–water partition coefficient (Wildman–Crippen LogP) is 3.09. The summed E-state index contributed by atoms with van der Waals surface area (Å²) in [6.45, 7) is 10.7. The fourth-order valence-electron chi connectivity index (χ4n) is 2.53. The van der Waals surface area contributed by atoms with E-state index in [1.165, 1.54) is 25.9 Å². The van der Waals surface area contributed by atoms with E-state index in [1.54, 1.807) is 0 Å². The molecule has 2 rings (SSSR count).